The van der Waals surface area contributed by atoms with E-state index < -0.39 is 0 Å². The summed E-state index contributed by atoms with van der Waals surface area (Å²) in [6.45, 7) is 11.9. The molecule has 0 spiro atoms. The van der Waals surface area contributed by atoms with Gasteiger partial charge in [-0.3, -0.25) is 0 Å². The molecule has 0 unspecified atom stereocenters. The van der Waals surface area contributed by atoms with Crippen molar-refractivity contribution in [3.63, 3.8) is 0 Å². The second-order valence-electron chi connectivity index (χ2n) is 7.46. The zero-order chi connectivity index (χ0) is 18.0. The highest BCUT2D eigenvalue weighted by atomic mass is 31.2. The summed E-state index contributed by atoms with van der Waals surface area (Å²) in [5, 5.41) is 1.15. The van der Waals surface area contributed by atoms with Gasteiger partial charge in [0, 0.05) is 0 Å². The summed E-state index contributed by atoms with van der Waals surface area (Å²) in [5.74, 6) is 0. The summed E-state index contributed by atoms with van der Waals surface area (Å²) in [6.07, 6.45) is 23.8. The highest BCUT2D eigenvalue weighted by Gasteiger charge is 2.27. The van der Waals surface area contributed by atoms with Gasteiger partial charge in [-0.15, -0.1) is 0 Å². The molecule has 24 heavy (non-hydrogen) atoms. The maximum absolute atomic E-state index is 2.39. The fourth-order valence-electron chi connectivity index (χ4n) is 3.44. The molecule has 0 aliphatic heterocycles. The summed E-state index contributed by atoms with van der Waals surface area (Å²) in [6, 6.07) is 0. The van der Waals surface area contributed by atoms with Crippen LogP contribution in [0.2, 0.25) is 0 Å². The van der Waals surface area contributed by atoms with Crippen LogP contribution in [-0.2, 0) is 0 Å². The molecule has 0 heterocycles. The van der Waals surface area contributed by atoms with Gasteiger partial charge in [0.15, 0.2) is 0 Å². The molecule has 0 fully saturated rings. The molecule has 0 N–H and O–H groups in total. The lowest BCUT2D eigenvalue weighted by Gasteiger charge is -2.36. The molecule has 0 saturated heterocycles. The van der Waals surface area contributed by atoms with Gasteiger partial charge in [0.1, 0.15) is 0 Å². The van der Waals surface area contributed by atoms with Gasteiger partial charge < -0.3 is 0 Å². The Bertz CT molecular complexity index is 206. The number of hydrogen-bond acceptors (Lipinski definition) is 0. The van der Waals surface area contributed by atoms with E-state index in [4.69, 9.17) is 0 Å². The summed E-state index contributed by atoms with van der Waals surface area (Å²) in [7, 11) is 0.608. The molecule has 0 aromatic carbocycles. The monoisotopic (exact) mass is 374 g/mol. The van der Waals surface area contributed by atoms with Crippen LogP contribution in [0.4, 0.5) is 0 Å². The van der Waals surface area contributed by atoms with Gasteiger partial charge in [0.05, 0.1) is 0 Å². The van der Waals surface area contributed by atoms with E-state index >= 15 is 0 Å². The normalized spacial score (nSPS) is 12.0. The van der Waals surface area contributed by atoms with Crippen LogP contribution in [0.1, 0.15) is 112 Å². The van der Waals surface area contributed by atoms with Gasteiger partial charge in [-0.05, 0) is 62.2 Å². The Morgan fingerprint density at radius 3 is 1.08 bits per heavy atom. The van der Waals surface area contributed by atoms with Gasteiger partial charge in [0.25, 0.3) is 0 Å². The third-order valence-corrected chi connectivity index (χ3v) is 12.8. The van der Waals surface area contributed by atoms with Crippen LogP contribution >= 0.6 is 15.8 Å². The van der Waals surface area contributed by atoms with Crippen LogP contribution in [0.25, 0.3) is 0 Å². The molecule has 0 aliphatic rings. The molecule has 0 rings (SSSR count). The van der Waals surface area contributed by atoms with Crippen molar-refractivity contribution >= 4 is 15.8 Å². The minimum atomic E-state index is 0.304. The van der Waals surface area contributed by atoms with Crippen LogP contribution in [0.15, 0.2) is 0 Å². The first-order valence-corrected chi connectivity index (χ1v) is 14.8. The lowest BCUT2D eigenvalue weighted by molar-refractivity contribution is 0.687. The molecule has 0 radical (unpaired) electrons. The summed E-state index contributed by atoms with van der Waals surface area (Å²) in [4.78, 5) is 0. The SMILES string of the molecule is CCCCCC(P(CCCC)CCCC)P(CCCC)CCCC. The van der Waals surface area contributed by atoms with E-state index in [9.17, 15) is 0 Å². The van der Waals surface area contributed by atoms with Gasteiger partial charge in [-0.1, -0.05) is 95.4 Å². The quantitative estimate of drug-likeness (QED) is 0.166. The lowest BCUT2D eigenvalue weighted by atomic mass is 10.2. The van der Waals surface area contributed by atoms with Crippen LogP contribution in [-0.4, -0.2) is 30.0 Å². The smallest absolute Gasteiger partial charge is 0.000583 e. The van der Waals surface area contributed by atoms with E-state index in [1.165, 1.54) is 70.6 Å². The standard InChI is InChI=1S/C22H48P2/c1-6-11-16-17-22(23(18-12-7-2)19-13-8-3)24(20-14-9-4)21-15-10-5/h22H,6-21H2,1-5H3. The van der Waals surface area contributed by atoms with Gasteiger partial charge in [-0.2, -0.15) is 0 Å². The molecular formula is C22H48P2. The molecule has 0 bridgehead atoms. The fraction of sp³-hybridized carbons (Fsp3) is 1.00. The van der Waals surface area contributed by atoms with Crippen molar-refractivity contribution in [2.75, 3.05) is 24.6 Å². The van der Waals surface area contributed by atoms with Gasteiger partial charge in [0.2, 0.25) is 0 Å². The molecular weight excluding hydrogens is 326 g/mol. The third-order valence-electron chi connectivity index (χ3n) is 5.10. The van der Waals surface area contributed by atoms with E-state index in [0.29, 0.717) is 15.8 Å². The van der Waals surface area contributed by atoms with Crippen LogP contribution in [0.3, 0.4) is 0 Å². The lowest BCUT2D eigenvalue weighted by Crippen LogP contribution is -2.13. The molecule has 0 aromatic heterocycles. The molecule has 0 aliphatic carbocycles. The van der Waals surface area contributed by atoms with E-state index in [1.54, 1.807) is 31.1 Å². The minimum absolute atomic E-state index is 0.304. The van der Waals surface area contributed by atoms with E-state index in [1.807, 2.05) is 0 Å². The van der Waals surface area contributed by atoms with Crippen molar-refractivity contribution in [1.29, 1.82) is 0 Å². The van der Waals surface area contributed by atoms with Crippen LogP contribution in [0, 0.1) is 0 Å². The van der Waals surface area contributed by atoms with Gasteiger partial charge >= 0.3 is 0 Å². The maximum atomic E-state index is 2.39. The first kappa shape index (κ1) is 24.9. The summed E-state index contributed by atoms with van der Waals surface area (Å²) >= 11 is 0. The van der Waals surface area contributed by atoms with Crippen molar-refractivity contribution in [1.82, 2.24) is 0 Å². The average Bonchev–Trinajstić information content (AvgIpc) is 2.60. The van der Waals surface area contributed by atoms with E-state index in [2.05, 4.69) is 34.6 Å². The van der Waals surface area contributed by atoms with Crippen molar-refractivity contribution in [2.24, 2.45) is 0 Å². The van der Waals surface area contributed by atoms with Crippen LogP contribution < -0.4 is 0 Å². The zero-order valence-electron chi connectivity index (χ0n) is 17.8. The highest BCUT2D eigenvalue weighted by molar-refractivity contribution is 7.75. The second kappa shape index (κ2) is 18.6. The fourth-order valence-corrected chi connectivity index (χ4v) is 12.3. The number of hydrogen-bond donors (Lipinski definition) is 0. The molecule has 0 aromatic rings. The zero-order valence-corrected chi connectivity index (χ0v) is 19.6. The Morgan fingerprint density at radius 1 is 0.458 bits per heavy atom. The maximum Gasteiger partial charge on any atom is -0.000583 e. The molecule has 146 valence electrons. The Balaban J connectivity index is 5.01. The number of rotatable bonds is 18. The summed E-state index contributed by atoms with van der Waals surface area (Å²) < 4.78 is 0. The topological polar surface area (TPSA) is 0 Å². The van der Waals surface area contributed by atoms with E-state index in [-0.39, 0.29) is 0 Å². The Hall–Kier alpha value is 0.860. The predicted octanol–water partition coefficient (Wildman–Crippen LogP) is 9.06. The Morgan fingerprint density at radius 2 is 0.792 bits per heavy atom. The van der Waals surface area contributed by atoms with Crippen molar-refractivity contribution in [3.05, 3.63) is 0 Å². The minimum Gasteiger partial charge on any atom is -0.0991 e. The molecule has 0 atom stereocenters. The molecule has 2 heteroatoms. The highest BCUT2D eigenvalue weighted by Crippen LogP contribution is 2.61. The molecule has 0 saturated carbocycles. The van der Waals surface area contributed by atoms with E-state index in [0.717, 1.165) is 5.40 Å². The molecule has 0 nitrogen and oxygen atoms in total. The first-order chi connectivity index (χ1) is 11.7. The Kier molecular flexibility index (Phi) is 19.3. The second-order valence-corrected chi connectivity index (χ2v) is 13.3. The third kappa shape index (κ3) is 12.3. The first-order valence-electron chi connectivity index (χ1n) is 11.2. The van der Waals surface area contributed by atoms with Crippen LogP contribution in [0.5, 0.6) is 0 Å². The van der Waals surface area contributed by atoms with Gasteiger partial charge in [-0.25, -0.2) is 0 Å². The predicted molar refractivity (Wildman–Crippen MR) is 121 cm³/mol. The molecule has 0 amide bonds. The number of unbranched alkanes of at least 4 members (excludes halogenated alkanes) is 6. The average molecular weight is 375 g/mol. The van der Waals surface area contributed by atoms with Crippen molar-refractivity contribution < 1.29 is 0 Å². The van der Waals surface area contributed by atoms with Crippen molar-refractivity contribution in [3.8, 4) is 0 Å². The summed E-state index contributed by atoms with van der Waals surface area (Å²) in [5.41, 5.74) is 0. The Labute approximate surface area is 157 Å². The largest absolute Gasteiger partial charge is 0.0991 e. The van der Waals surface area contributed by atoms with Crippen molar-refractivity contribution in [2.45, 2.75) is 117 Å².